The fraction of sp³-hybridized carbons (Fsp3) is 0.594. The van der Waals surface area contributed by atoms with Crippen LogP contribution in [-0.2, 0) is 42.9 Å². The molecule has 0 aromatic rings. The van der Waals surface area contributed by atoms with E-state index in [4.69, 9.17) is 23.7 Å². The second-order valence-electron chi connectivity index (χ2n) is 20.2. The van der Waals surface area contributed by atoms with Crippen LogP contribution in [0.1, 0.15) is 213 Å². The first-order valence-corrected chi connectivity index (χ1v) is 30.8. The Bertz CT molecular complexity index is 1960. The molecule has 12 nitrogen and oxygen atoms in total. The fourth-order valence-corrected chi connectivity index (χ4v) is 8.23. The van der Waals surface area contributed by atoms with Gasteiger partial charge in [0.25, 0.3) is 0 Å². The predicted molar refractivity (Wildman–Crippen MR) is 330 cm³/mol. The Labute approximate surface area is 489 Å². The molecule has 0 aliphatic carbocycles. The Hall–Kier alpha value is -5.40. The summed E-state index contributed by atoms with van der Waals surface area (Å²) in [7, 11) is 0. The lowest BCUT2D eigenvalue weighted by molar-refractivity contribution is -0.301. The lowest BCUT2D eigenvalue weighted by Gasteiger charge is -2.40. The largest absolute Gasteiger partial charge is 0.479 e. The van der Waals surface area contributed by atoms with Gasteiger partial charge in [0.2, 0.25) is 0 Å². The van der Waals surface area contributed by atoms with Crippen LogP contribution in [0.5, 0.6) is 0 Å². The van der Waals surface area contributed by atoms with Gasteiger partial charge in [0.1, 0.15) is 18.8 Å². The number of carboxylic acids is 1. The lowest BCUT2D eigenvalue weighted by Crippen LogP contribution is -2.61. The van der Waals surface area contributed by atoms with Crippen LogP contribution in [0.2, 0.25) is 0 Å². The van der Waals surface area contributed by atoms with Crippen molar-refractivity contribution in [1.29, 1.82) is 0 Å². The van der Waals surface area contributed by atoms with E-state index in [-0.39, 0.29) is 25.9 Å². The zero-order valence-electron chi connectivity index (χ0n) is 50.0. The van der Waals surface area contributed by atoms with Gasteiger partial charge in [-0.15, -0.1) is 0 Å². The Balaban J connectivity index is 2.77. The zero-order valence-corrected chi connectivity index (χ0v) is 50.0. The second kappa shape index (κ2) is 55.2. The van der Waals surface area contributed by atoms with Crippen LogP contribution < -0.4 is 0 Å². The molecule has 0 bridgehead atoms. The van der Waals surface area contributed by atoms with Crippen LogP contribution >= 0.6 is 0 Å². The maximum atomic E-state index is 13.2. The minimum Gasteiger partial charge on any atom is -0.479 e. The second-order valence-corrected chi connectivity index (χ2v) is 20.2. The van der Waals surface area contributed by atoms with E-state index in [2.05, 4.69) is 148 Å². The van der Waals surface area contributed by atoms with Crippen molar-refractivity contribution in [3.05, 3.63) is 146 Å². The molecule has 0 radical (unpaired) electrons. The highest BCUT2D eigenvalue weighted by atomic mass is 16.7. The highest BCUT2D eigenvalue weighted by Gasteiger charge is 2.50. The van der Waals surface area contributed by atoms with E-state index in [9.17, 15) is 34.5 Å². The van der Waals surface area contributed by atoms with E-state index in [0.717, 1.165) is 122 Å². The van der Waals surface area contributed by atoms with Crippen LogP contribution in [0.25, 0.3) is 0 Å². The number of hydrogen-bond donors (Lipinski definition) is 3. The van der Waals surface area contributed by atoms with Crippen molar-refractivity contribution >= 4 is 23.9 Å². The number of allylic oxidation sites excluding steroid dienone is 24. The Morgan fingerprint density at radius 1 is 0.420 bits per heavy atom. The summed E-state index contributed by atoms with van der Waals surface area (Å²) < 4.78 is 28.3. The van der Waals surface area contributed by atoms with Gasteiger partial charge in [-0.05, 0) is 128 Å². The third-order valence-corrected chi connectivity index (χ3v) is 12.9. The highest BCUT2D eigenvalue weighted by Crippen LogP contribution is 2.26. The van der Waals surface area contributed by atoms with E-state index in [1.807, 2.05) is 18.2 Å². The van der Waals surface area contributed by atoms with E-state index < -0.39 is 67.3 Å². The third kappa shape index (κ3) is 44.9. The van der Waals surface area contributed by atoms with Gasteiger partial charge in [0.15, 0.2) is 24.6 Å². The predicted octanol–water partition coefficient (Wildman–Crippen LogP) is 16.3. The first-order chi connectivity index (χ1) is 39.6. The van der Waals surface area contributed by atoms with Crippen molar-refractivity contribution in [3.8, 4) is 0 Å². The monoisotopic (exact) mass is 1130 g/mol. The van der Waals surface area contributed by atoms with Crippen LogP contribution in [0.3, 0.4) is 0 Å². The van der Waals surface area contributed by atoms with Gasteiger partial charge in [0, 0.05) is 19.3 Å². The molecule has 1 saturated heterocycles. The molecule has 0 aromatic heterocycles. The Morgan fingerprint density at radius 2 is 0.790 bits per heavy atom. The maximum absolute atomic E-state index is 13.2. The van der Waals surface area contributed by atoms with Gasteiger partial charge < -0.3 is 39.0 Å². The summed E-state index contributed by atoms with van der Waals surface area (Å²) in [6.07, 6.45) is 66.7. The molecular weight excluding hydrogens is 1020 g/mol. The summed E-state index contributed by atoms with van der Waals surface area (Å²) in [5.41, 5.74) is 0. The molecule has 0 spiro atoms. The molecule has 1 rings (SSSR count). The number of esters is 3. The topological polar surface area (TPSA) is 175 Å². The van der Waals surface area contributed by atoms with Gasteiger partial charge in [-0.2, -0.15) is 0 Å². The van der Waals surface area contributed by atoms with Gasteiger partial charge in [-0.1, -0.05) is 212 Å². The normalized spacial score (nSPS) is 18.8. The number of rotatable bonds is 50. The summed E-state index contributed by atoms with van der Waals surface area (Å²) in [4.78, 5) is 51.2. The molecule has 6 unspecified atom stereocenters. The number of unbranched alkanes of at least 4 members (excludes halogenated alkanes) is 12. The average molecular weight is 1130 g/mol. The molecule has 1 fully saturated rings. The lowest BCUT2D eigenvalue weighted by atomic mass is 9.98. The Morgan fingerprint density at radius 3 is 1.22 bits per heavy atom. The number of ether oxygens (including phenoxy) is 5. The van der Waals surface area contributed by atoms with E-state index in [1.165, 1.54) is 19.3 Å². The molecule has 0 aromatic carbocycles. The van der Waals surface area contributed by atoms with Gasteiger partial charge >= 0.3 is 23.9 Å². The Kier molecular flexibility index (Phi) is 50.1. The van der Waals surface area contributed by atoms with Crippen LogP contribution in [0, 0.1) is 0 Å². The molecular formula is C69H106O12. The number of aliphatic carboxylic acids is 1. The van der Waals surface area contributed by atoms with E-state index >= 15 is 0 Å². The summed E-state index contributed by atoms with van der Waals surface area (Å²) in [6, 6.07) is 0. The number of hydrogen-bond acceptors (Lipinski definition) is 11. The molecule has 1 aliphatic rings. The van der Waals surface area contributed by atoms with Gasteiger partial charge in [-0.25, -0.2) is 4.79 Å². The van der Waals surface area contributed by atoms with Gasteiger partial charge in [-0.3, -0.25) is 14.4 Å². The first-order valence-electron chi connectivity index (χ1n) is 30.8. The number of aliphatic hydroxyl groups is 2. The SMILES string of the molecule is CC/C=C\C/C=C\C/C=C\C/C=C\C/C=C\CCCC(=O)OCC(COC1OC(C(=O)O)C(O)C(O)C1OC(=O)CCCCCCCCC/C=C\C/C=C\CCCCC)OC(=O)CCC/C=C\C/C=C\C/C=C\C/C=C\C/C=C\CC. The number of carbonyl (C=O) groups is 4. The molecule has 81 heavy (non-hydrogen) atoms. The van der Waals surface area contributed by atoms with Crippen molar-refractivity contribution in [3.63, 3.8) is 0 Å². The molecule has 6 atom stereocenters. The van der Waals surface area contributed by atoms with Crippen molar-refractivity contribution < 1.29 is 58.2 Å². The molecule has 3 N–H and O–H groups in total. The van der Waals surface area contributed by atoms with Crippen molar-refractivity contribution in [1.82, 2.24) is 0 Å². The molecule has 0 amide bonds. The molecule has 454 valence electrons. The zero-order chi connectivity index (χ0) is 58.9. The van der Waals surface area contributed by atoms with Crippen LogP contribution in [0.15, 0.2) is 146 Å². The highest BCUT2D eigenvalue weighted by molar-refractivity contribution is 5.74. The molecule has 0 saturated carbocycles. The standard InChI is InChI=1S/C69H106O12/c1-4-7-10-13-16-19-22-25-28-31-34-37-40-43-46-49-52-55-61(70)77-58-60(79-62(71)56-53-50-47-44-41-38-35-32-29-26-23-20-17-14-11-8-5-2)59-78-69-67(65(74)64(73)66(81-69)68(75)76)80-63(72)57-54-51-48-45-42-39-36-33-30-27-24-21-18-15-12-9-6-3/h7-8,10-11,16-21,25-30,34-35,37-38,43-44,46-47,60,64-67,69,73-74H,4-6,9,12-15,22-24,31-33,36,39-42,45,48-59H2,1-3H3,(H,75,76)/b10-7-,11-8-,19-16-,20-17-,21-18-,28-25-,29-26-,30-27-,37-34-,38-35-,46-43-,47-44-. The van der Waals surface area contributed by atoms with E-state index in [1.54, 1.807) is 0 Å². The smallest absolute Gasteiger partial charge is 0.335 e. The summed E-state index contributed by atoms with van der Waals surface area (Å²) in [5.74, 6) is -3.31. The maximum Gasteiger partial charge on any atom is 0.335 e. The average Bonchev–Trinajstić information content (AvgIpc) is 3.53. The fourth-order valence-electron chi connectivity index (χ4n) is 8.23. The van der Waals surface area contributed by atoms with Crippen molar-refractivity contribution in [2.45, 2.75) is 250 Å². The van der Waals surface area contributed by atoms with Crippen LogP contribution in [0.4, 0.5) is 0 Å². The number of carboxylic acid groups (broad SMARTS) is 1. The third-order valence-electron chi connectivity index (χ3n) is 12.9. The number of carbonyl (C=O) groups excluding carboxylic acids is 3. The minimum atomic E-state index is -1.93. The van der Waals surface area contributed by atoms with Crippen LogP contribution in [-0.4, -0.2) is 89.2 Å². The first kappa shape index (κ1) is 73.6. The van der Waals surface area contributed by atoms with E-state index in [0.29, 0.717) is 32.1 Å². The minimum absolute atomic E-state index is 0.0309. The summed E-state index contributed by atoms with van der Waals surface area (Å²) >= 11 is 0. The number of aliphatic hydroxyl groups excluding tert-OH is 2. The van der Waals surface area contributed by atoms with Crippen molar-refractivity contribution in [2.24, 2.45) is 0 Å². The molecule has 12 heteroatoms. The molecule has 1 aliphatic heterocycles. The summed E-state index contributed by atoms with van der Waals surface area (Å²) in [5, 5.41) is 31.5. The quantitative estimate of drug-likeness (QED) is 0.0228. The molecule has 1 heterocycles. The van der Waals surface area contributed by atoms with Crippen molar-refractivity contribution in [2.75, 3.05) is 13.2 Å². The summed E-state index contributed by atoms with van der Waals surface area (Å²) in [6.45, 7) is 5.63. The van der Waals surface area contributed by atoms with Gasteiger partial charge in [0.05, 0.1) is 6.61 Å².